The number of aromatic nitrogens is 2. The van der Waals surface area contributed by atoms with Gasteiger partial charge in [0.1, 0.15) is 11.4 Å². The lowest BCUT2D eigenvalue weighted by Gasteiger charge is -2.04. The molecule has 0 spiro atoms. The molecule has 8 nitrogen and oxygen atoms in total. The number of H-pyrrole nitrogens is 2. The number of halogens is 2. The summed E-state index contributed by atoms with van der Waals surface area (Å²) in [5.74, 6) is -3.00. The molecule has 0 amide bonds. The van der Waals surface area contributed by atoms with Crippen LogP contribution < -0.4 is 16.0 Å². The largest absolute Gasteiger partial charge is 0.504 e. The molecule has 0 unspecified atom stereocenters. The molecule has 2 aromatic heterocycles. The van der Waals surface area contributed by atoms with Crippen LogP contribution in [-0.2, 0) is 14.4 Å². The number of fused-ring (bicyclic) bond motifs is 7. The second-order valence-corrected chi connectivity index (χ2v) is 8.92. The van der Waals surface area contributed by atoms with Crippen molar-refractivity contribution in [2.24, 2.45) is 4.99 Å². The van der Waals surface area contributed by atoms with Crippen molar-refractivity contribution in [3.8, 4) is 0 Å². The van der Waals surface area contributed by atoms with Crippen molar-refractivity contribution >= 4 is 70.1 Å². The number of benzene rings is 1. The maximum Gasteiger partial charge on any atom is 0.257 e. The van der Waals surface area contributed by atoms with Crippen LogP contribution in [0.1, 0.15) is 17.0 Å². The molecular weight excluding hydrogens is 515 g/mol. The highest BCUT2D eigenvalue weighted by atomic mass is 35.5. The van der Waals surface area contributed by atoms with Gasteiger partial charge in [-0.15, -0.1) is 23.2 Å². The summed E-state index contributed by atoms with van der Waals surface area (Å²) in [6, 6.07) is 16.3. The number of carbonyl (C=O) groups is 3. The predicted octanol–water partition coefficient (Wildman–Crippen LogP) is 2.67. The number of alkyl halides is 2. The Morgan fingerprint density at radius 1 is 0.757 bits per heavy atom. The lowest BCUT2D eigenvalue weighted by molar-refractivity contribution is -0.129. The number of aromatic amines is 2. The molecule has 0 saturated heterocycles. The summed E-state index contributed by atoms with van der Waals surface area (Å²) in [4.78, 5) is 49.1. The zero-order chi connectivity index (χ0) is 26.1. The number of Topliss-reactive ketones (excluding diaryl/α,β-unsaturated/α-hetero) is 3. The van der Waals surface area contributed by atoms with Crippen LogP contribution in [0.15, 0.2) is 82.4 Å². The highest BCUT2D eigenvalue weighted by Crippen LogP contribution is 2.30. The van der Waals surface area contributed by atoms with E-state index in [1.54, 1.807) is 36.4 Å². The molecule has 10 heteroatoms. The van der Waals surface area contributed by atoms with Gasteiger partial charge in [-0.2, -0.15) is 0 Å². The van der Waals surface area contributed by atoms with Gasteiger partial charge in [-0.1, -0.05) is 30.3 Å². The van der Waals surface area contributed by atoms with Gasteiger partial charge in [0.15, 0.2) is 11.5 Å². The minimum absolute atomic E-state index is 0.122. The van der Waals surface area contributed by atoms with Crippen molar-refractivity contribution in [3.63, 3.8) is 0 Å². The fraction of sp³-hybridized carbons (Fsp3) is 0.0370. The Balaban J connectivity index is 0.000000892. The third-order valence-electron chi connectivity index (χ3n) is 5.76. The van der Waals surface area contributed by atoms with E-state index in [4.69, 9.17) is 23.2 Å². The molecule has 1 aromatic carbocycles. The maximum absolute atomic E-state index is 13.4. The summed E-state index contributed by atoms with van der Waals surface area (Å²) >= 11 is 9.53. The van der Waals surface area contributed by atoms with E-state index in [1.165, 1.54) is 6.08 Å². The average molecular weight is 533 g/mol. The molecule has 6 rings (SSSR count). The smallest absolute Gasteiger partial charge is 0.257 e. The first kappa shape index (κ1) is 24.3. The fourth-order valence-corrected chi connectivity index (χ4v) is 4.16. The summed E-state index contributed by atoms with van der Waals surface area (Å²) in [5.41, 5.74) is 1.95. The van der Waals surface area contributed by atoms with Gasteiger partial charge in [0.2, 0.25) is 5.78 Å². The number of nitrogens with one attached hydrogen (secondary N) is 3. The van der Waals surface area contributed by atoms with Crippen LogP contribution in [0.2, 0.25) is 0 Å². The number of nitrogens with zero attached hydrogens (tertiary/aromatic N) is 1. The minimum Gasteiger partial charge on any atom is -0.504 e. The van der Waals surface area contributed by atoms with Gasteiger partial charge < -0.3 is 20.4 Å². The van der Waals surface area contributed by atoms with Crippen molar-refractivity contribution < 1.29 is 19.5 Å². The van der Waals surface area contributed by atoms with E-state index in [0.717, 1.165) is 16.4 Å². The Morgan fingerprint density at radius 3 is 2.11 bits per heavy atom. The van der Waals surface area contributed by atoms with E-state index in [2.05, 4.69) is 20.3 Å². The molecule has 4 N–H and O–H groups in total. The van der Waals surface area contributed by atoms with Crippen molar-refractivity contribution in [2.75, 3.05) is 5.34 Å². The standard InChI is InChI=1S/C26H16N4O4.CH2Cl2/c31-23-19-12-17-9-7-15(28-17)10-14-6-8-16(27-14)11-18-20(13-4-2-1-3-5-13)24(32)21(29-18)25(33)22(30-19)26(23)34;2-1-3/h1-12,27-29,33H;1H2. The van der Waals surface area contributed by atoms with Gasteiger partial charge in [-0.05, 0) is 48.1 Å². The fourth-order valence-electron chi connectivity index (χ4n) is 4.16. The maximum atomic E-state index is 13.4. The van der Waals surface area contributed by atoms with Gasteiger partial charge in [-0.3, -0.25) is 14.4 Å². The molecule has 5 heterocycles. The van der Waals surface area contributed by atoms with Gasteiger partial charge in [0, 0.05) is 22.1 Å². The van der Waals surface area contributed by atoms with Gasteiger partial charge in [0.25, 0.3) is 11.6 Å². The van der Waals surface area contributed by atoms with Crippen molar-refractivity contribution in [2.45, 2.75) is 0 Å². The topological polar surface area (TPSA) is 127 Å². The lowest BCUT2D eigenvalue weighted by Crippen LogP contribution is -2.24. The molecule has 37 heavy (non-hydrogen) atoms. The summed E-state index contributed by atoms with van der Waals surface area (Å²) in [6.07, 6.45) is 5.07. The Hall–Kier alpha value is -4.40. The van der Waals surface area contributed by atoms with Crippen molar-refractivity contribution in [1.29, 1.82) is 0 Å². The van der Waals surface area contributed by atoms with Gasteiger partial charge >= 0.3 is 0 Å². The molecule has 3 aliphatic rings. The quantitative estimate of drug-likeness (QED) is 0.283. The number of hydrogen-bond acceptors (Lipinski definition) is 6. The Labute approximate surface area is 220 Å². The number of aliphatic hydroxyl groups excluding tert-OH is 1. The molecule has 0 fully saturated rings. The molecule has 0 aliphatic carbocycles. The number of rotatable bonds is 1. The normalized spacial score (nSPS) is 16.4. The van der Waals surface area contributed by atoms with Crippen LogP contribution >= 0.6 is 23.2 Å². The highest BCUT2D eigenvalue weighted by molar-refractivity contribution is 6.74. The molecule has 3 aromatic rings. The number of hydrogen-bond donors (Lipinski definition) is 4. The molecule has 0 saturated carbocycles. The van der Waals surface area contributed by atoms with Crippen LogP contribution in [0.3, 0.4) is 0 Å². The van der Waals surface area contributed by atoms with Gasteiger partial charge in [0.05, 0.1) is 16.6 Å². The molecular formula is C27H18Cl2N4O4. The first-order chi connectivity index (χ1) is 17.9. The van der Waals surface area contributed by atoms with Crippen molar-refractivity contribution in [3.05, 3.63) is 105 Å². The van der Waals surface area contributed by atoms with Crippen LogP contribution in [0.5, 0.6) is 0 Å². The van der Waals surface area contributed by atoms with Crippen LogP contribution in [0, 0.1) is 0 Å². The zero-order valence-electron chi connectivity index (χ0n) is 19.0. The van der Waals surface area contributed by atoms with E-state index in [0.29, 0.717) is 22.5 Å². The highest BCUT2D eigenvalue weighted by Gasteiger charge is 2.39. The number of ketones is 3. The number of carbonyl (C=O) groups excluding carboxylic acids is 3. The Kier molecular flexibility index (Phi) is 6.52. The van der Waals surface area contributed by atoms with Crippen molar-refractivity contribution in [1.82, 2.24) is 15.3 Å². The Morgan fingerprint density at radius 2 is 1.41 bits per heavy atom. The Bertz CT molecular complexity index is 1710. The third-order valence-corrected chi connectivity index (χ3v) is 5.76. The summed E-state index contributed by atoms with van der Waals surface area (Å²) in [7, 11) is 0. The SMILES string of the molecule is ClCCl.O=C1C(=O)C2=NC1=Cc1ccc([nH]1)C=c1ccc([nH]1)=CC1=C(c3ccccc3)C(=O)C(=C2O)N1. The zero-order valence-corrected chi connectivity index (χ0v) is 20.5. The van der Waals surface area contributed by atoms with E-state index in [1.807, 2.05) is 30.3 Å². The summed E-state index contributed by atoms with van der Waals surface area (Å²) < 4.78 is 0. The van der Waals surface area contributed by atoms with E-state index < -0.39 is 28.8 Å². The van der Waals surface area contributed by atoms with E-state index >= 15 is 0 Å². The number of aliphatic imine (C=N–C) groups is 1. The molecule has 0 radical (unpaired) electrons. The molecule has 0 atom stereocenters. The second-order valence-electron chi connectivity index (χ2n) is 8.11. The van der Waals surface area contributed by atoms with Crippen LogP contribution in [-0.4, -0.2) is 43.5 Å². The van der Waals surface area contributed by atoms with E-state index in [-0.39, 0.29) is 16.7 Å². The third kappa shape index (κ3) is 4.60. The monoisotopic (exact) mass is 532 g/mol. The average Bonchev–Trinajstić information content (AvgIpc) is 3.65. The number of allylic oxidation sites excluding steroid dienone is 4. The molecule has 3 aliphatic heterocycles. The van der Waals surface area contributed by atoms with Crippen LogP contribution in [0.25, 0.3) is 23.8 Å². The van der Waals surface area contributed by atoms with Gasteiger partial charge in [-0.25, -0.2) is 4.99 Å². The first-order valence-electron chi connectivity index (χ1n) is 11.0. The first-order valence-corrected chi connectivity index (χ1v) is 12.1. The number of aliphatic hydroxyl groups is 1. The van der Waals surface area contributed by atoms with Crippen LogP contribution in [0.4, 0.5) is 0 Å². The second kappa shape index (κ2) is 9.93. The summed E-state index contributed by atoms with van der Waals surface area (Å²) in [5, 5.41) is 15.6. The van der Waals surface area contributed by atoms with E-state index in [9.17, 15) is 19.5 Å². The molecule has 8 bridgehead atoms. The molecule has 184 valence electrons. The summed E-state index contributed by atoms with van der Waals surface area (Å²) in [6.45, 7) is 0. The predicted molar refractivity (Wildman–Crippen MR) is 142 cm³/mol. The lowest BCUT2D eigenvalue weighted by atomic mass is 10.00. The minimum atomic E-state index is -0.971.